The Morgan fingerprint density at radius 2 is 2.00 bits per heavy atom. The summed E-state index contributed by atoms with van der Waals surface area (Å²) in [6, 6.07) is 0.0556. The van der Waals surface area contributed by atoms with Crippen LogP contribution in [0.2, 0.25) is 0 Å². The third-order valence-corrected chi connectivity index (χ3v) is 5.19. The number of methoxy groups -OCH3 is 1. The van der Waals surface area contributed by atoms with E-state index in [0.29, 0.717) is 12.3 Å². The molecule has 4 nitrogen and oxygen atoms in total. The molecule has 0 radical (unpaired) electrons. The highest BCUT2D eigenvalue weighted by Crippen LogP contribution is 2.27. The lowest BCUT2D eigenvalue weighted by atomic mass is 9.92. The summed E-state index contributed by atoms with van der Waals surface area (Å²) in [5.74, 6) is 0.877. The molecule has 0 aromatic rings. The van der Waals surface area contributed by atoms with Crippen LogP contribution in [0.15, 0.2) is 0 Å². The van der Waals surface area contributed by atoms with Gasteiger partial charge >= 0.3 is 0 Å². The Kier molecular flexibility index (Phi) is 8.08. The first-order valence-electron chi connectivity index (χ1n) is 8.75. The van der Waals surface area contributed by atoms with Gasteiger partial charge in [0.15, 0.2) is 0 Å². The molecule has 1 aliphatic heterocycles. The predicted octanol–water partition coefficient (Wildman–Crippen LogP) is 3.43. The van der Waals surface area contributed by atoms with Crippen molar-refractivity contribution in [1.82, 2.24) is 4.90 Å². The van der Waals surface area contributed by atoms with Crippen molar-refractivity contribution in [3.63, 3.8) is 0 Å². The van der Waals surface area contributed by atoms with Crippen LogP contribution in [-0.2, 0) is 14.3 Å². The van der Waals surface area contributed by atoms with Crippen LogP contribution in [0.1, 0.15) is 66.2 Å². The average molecular weight is 311 g/mol. The third-order valence-electron chi connectivity index (χ3n) is 5.19. The Balaban J connectivity index is 2.60. The first-order chi connectivity index (χ1) is 10.4. The monoisotopic (exact) mass is 311 g/mol. The SMILES string of the molecule is CC[C@@H](C)CCCC(=O)N1CCC[C@@H]1[C@@H](OC)[C@H](C)C(C)=O. The van der Waals surface area contributed by atoms with E-state index in [1.807, 2.05) is 11.8 Å². The van der Waals surface area contributed by atoms with Crippen molar-refractivity contribution in [3.8, 4) is 0 Å². The van der Waals surface area contributed by atoms with Crippen molar-refractivity contribution < 1.29 is 14.3 Å². The van der Waals surface area contributed by atoms with Crippen LogP contribution < -0.4 is 0 Å². The summed E-state index contributed by atoms with van der Waals surface area (Å²) in [7, 11) is 1.65. The van der Waals surface area contributed by atoms with Crippen LogP contribution in [0.3, 0.4) is 0 Å². The molecule has 22 heavy (non-hydrogen) atoms. The number of nitrogens with zero attached hydrogens (tertiary/aromatic N) is 1. The van der Waals surface area contributed by atoms with Crippen molar-refractivity contribution in [2.45, 2.75) is 78.4 Å². The molecule has 1 fully saturated rings. The predicted molar refractivity (Wildman–Crippen MR) is 88.7 cm³/mol. The van der Waals surface area contributed by atoms with Gasteiger partial charge in [-0.05, 0) is 32.1 Å². The molecule has 4 atom stereocenters. The summed E-state index contributed by atoms with van der Waals surface area (Å²) < 4.78 is 5.58. The number of carbonyl (C=O) groups excluding carboxylic acids is 2. The van der Waals surface area contributed by atoms with Crippen LogP contribution in [0.4, 0.5) is 0 Å². The Labute approximate surface area is 135 Å². The standard InChI is InChI=1S/C18H33NO3/c1-6-13(2)9-7-11-17(21)19-12-8-10-16(19)18(22-5)14(3)15(4)20/h13-14,16,18H,6-12H2,1-5H3/t13-,14-,16-,18+/m1/s1. The molecular weight excluding hydrogens is 278 g/mol. The van der Waals surface area contributed by atoms with E-state index in [0.717, 1.165) is 32.2 Å². The summed E-state index contributed by atoms with van der Waals surface area (Å²) in [5.41, 5.74) is 0. The third kappa shape index (κ3) is 5.08. The smallest absolute Gasteiger partial charge is 0.222 e. The van der Waals surface area contributed by atoms with Gasteiger partial charge in [-0.25, -0.2) is 0 Å². The van der Waals surface area contributed by atoms with Gasteiger partial charge < -0.3 is 9.64 Å². The molecular formula is C18H33NO3. The Bertz CT molecular complexity index is 369. The lowest BCUT2D eigenvalue weighted by Gasteiger charge is -2.33. The molecule has 1 saturated heterocycles. The van der Waals surface area contributed by atoms with Crippen molar-refractivity contribution in [3.05, 3.63) is 0 Å². The largest absolute Gasteiger partial charge is 0.379 e. The van der Waals surface area contributed by atoms with Crippen LogP contribution in [0.5, 0.6) is 0 Å². The van der Waals surface area contributed by atoms with E-state index in [1.165, 1.54) is 6.42 Å². The van der Waals surface area contributed by atoms with Gasteiger partial charge in [-0.15, -0.1) is 0 Å². The molecule has 1 heterocycles. The summed E-state index contributed by atoms with van der Waals surface area (Å²) in [6.45, 7) is 8.73. The van der Waals surface area contributed by atoms with Crippen molar-refractivity contribution in [2.24, 2.45) is 11.8 Å². The van der Waals surface area contributed by atoms with Crippen LogP contribution in [-0.4, -0.2) is 42.4 Å². The maximum atomic E-state index is 12.5. The van der Waals surface area contributed by atoms with E-state index >= 15 is 0 Å². The van der Waals surface area contributed by atoms with Gasteiger partial charge in [0.1, 0.15) is 5.78 Å². The van der Waals surface area contributed by atoms with E-state index < -0.39 is 0 Å². The number of hydrogen-bond acceptors (Lipinski definition) is 3. The Morgan fingerprint density at radius 3 is 2.55 bits per heavy atom. The molecule has 128 valence electrons. The Morgan fingerprint density at radius 1 is 1.32 bits per heavy atom. The number of likely N-dealkylation sites (tertiary alicyclic amines) is 1. The molecule has 0 aromatic carbocycles. The van der Waals surface area contributed by atoms with Crippen molar-refractivity contribution >= 4 is 11.7 Å². The minimum atomic E-state index is -0.182. The lowest BCUT2D eigenvalue weighted by Crippen LogP contribution is -2.47. The van der Waals surface area contributed by atoms with E-state index in [1.54, 1.807) is 14.0 Å². The number of ketones is 1. The van der Waals surface area contributed by atoms with Crippen molar-refractivity contribution in [2.75, 3.05) is 13.7 Å². The number of hydrogen-bond donors (Lipinski definition) is 0. The van der Waals surface area contributed by atoms with Crippen molar-refractivity contribution in [1.29, 1.82) is 0 Å². The molecule has 4 heteroatoms. The van der Waals surface area contributed by atoms with Gasteiger partial charge in [-0.3, -0.25) is 9.59 Å². The van der Waals surface area contributed by atoms with E-state index in [2.05, 4.69) is 13.8 Å². The summed E-state index contributed by atoms with van der Waals surface area (Å²) >= 11 is 0. The van der Waals surface area contributed by atoms with Crippen LogP contribution in [0, 0.1) is 11.8 Å². The van der Waals surface area contributed by atoms with E-state index in [4.69, 9.17) is 4.74 Å². The molecule has 0 spiro atoms. The van der Waals surface area contributed by atoms with Crippen LogP contribution >= 0.6 is 0 Å². The molecule has 1 rings (SSSR count). The topological polar surface area (TPSA) is 46.6 Å². The molecule has 1 amide bonds. The summed E-state index contributed by atoms with van der Waals surface area (Å²) in [4.78, 5) is 26.2. The average Bonchev–Trinajstić information content (AvgIpc) is 2.96. The number of Topliss-reactive ketones (excluding diaryl/α,β-unsaturated/α-hetero) is 1. The van der Waals surface area contributed by atoms with Gasteiger partial charge in [0.25, 0.3) is 0 Å². The lowest BCUT2D eigenvalue weighted by molar-refractivity contribution is -0.138. The van der Waals surface area contributed by atoms with Gasteiger partial charge in [-0.2, -0.15) is 0 Å². The van der Waals surface area contributed by atoms with Gasteiger partial charge in [0, 0.05) is 26.0 Å². The van der Waals surface area contributed by atoms with E-state index in [-0.39, 0.29) is 29.8 Å². The first-order valence-corrected chi connectivity index (χ1v) is 8.75. The van der Waals surface area contributed by atoms with Gasteiger partial charge in [0.05, 0.1) is 12.1 Å². The molecule has 0 unspecified atom stereocenters. The second-order valence-electron chi connectivity index (χ2n) is 6.80. The molecule has 0 aromatic heterocycles. The number of rotatable bonds is 9. The zero-order chi connectivity index (χ0) is 16.7. The summed E-state index contributed by atoms with van der Waals surface area (Å²) in [5, 5.41) is 0. The van der Waals surface area contributed by atoms with Gasteiger partial charge in [-0.1, -0.05) is 33.6 Å². The number of amides is 1. The van der Waals surface area contributed by atoms with E-state index in [9.17, 15) is 9.59 Å². The quantitative estimate of drug-likeness (QED) is 0.655. The van der Waals surface area contributed by atoms with Gasteiger partial charge in [0.2, 0.25) is 5.91 Å². The number of ether oxygens (including phenoxy) is 1. The molecule has 1 aliphatic rings. The highest BCUT2D eigenvalue weighted by atomic mass is 16.5. The minimum Gasteiger partial charge on any atom is -0.379 e. The first kappa shape index (κ1) is 19.1. The fourth-order valence-electron chi connectivity index (χ4n) is 3.32. The van der Waals surface area contributed by atoms with Crippen LogP contribution in [0.25, 0.3) is 0 Å². The molecule has 0 bridgehead atoms. The fourth-order valence-corrected chi connectivity index (χ4v) is 3.32. The maximum Gasteiger partial charge on any atom is 0.222 e. The highest BCUT2D eigenvalue weighted by molar-refractivity contribution is 5.79. The molecule has 0 saturated carbocycles. The molecule has 0 aliphatic carbocycles. The zero-order valence-corrected chi connectivity index (χ0v) is 14.9. The summed E-state index contributed by atoms with van der Waals surface area (Å²) in [6.07, 6.45) is 5.61. The molecule has 0 N–H and O–H groups in total. The highest BCUT2D eigenvalue weighted by Gasteiger charge is 2.38. The minimum absolute atomic E-state index is 0.0556. The normalized spacial score (nSPS) is 22.4. The zero-order valence-electron chi connectivity index (χ0n) is 14.9. The second-order valence-corrected chi connectivity index (χ2v) is 6.80. The Hall–Kier alpha value is -0.900. The maximum absolute atomic E-state index is 12.5. The number of carbonyl (C=O) groups is 2. The fraction of sp³-hybridized carbons (Fsp3) is 0.889. The second kappa shape index (κ2) is 9.29.